The van der Waals surface area contributed by atoms with Gasteiger partial charge >= 0.3 is 0 Å². The van der Waals surface area contributed by atoms with Crippen LogP contribution >= 0.6 is 0 Å². The molecule has 0 unspecified atom stereocenters. The van der Waals surface area contributed by atoms with Gasteiger partial charge in [0.1, 0.15) is 6.10 Å². The van der Waals surface area contributed by atoms with Gasteiger partial charge in [0.25, 0.3) is 0 Å². The van der Waals surface area contributed by atoms with E-state index < -0.39 is 12.2 Å². The van der Waals surface area contributed by atoms with E-state index in [-0.39, 0.29) is 0 Å². The van der Waals surface area contributed by atoms with Crippen LogP contribution in [0.5, 0.6) is 0 Å². The maximum atomic E-state index is 9.92. The standard InChI is InChI=1S/C46H72O2/c1-3-5-6-7-8-9-10-11-12-13-14-15-16-17-18-19-20-21-22-23-24-25-26-27-28-29-30-34-37-40-43-46(48)44-41-38-35-32-31-33-36-39-42-45(47)4-2/h1-2,5-6,21-22,27-28,45-48H,7-20,23-26,29-39,42H2/b6-5?,22-21+,28-27+/t45-,46-/m1/s1. The molecule has 0 bridgehead atoms. The number of aliphatic hydroxyl groups is 2. The Morgan fingerprint density at radius 1 is 0.417 bits per heavy atom. The van der Waals surface area contributed by atoms with Crippen LogP contribution in [0.2, 0.25) is 0 Å². The molecule has 48 heavy (non-hydrogen) atoms. The molecule has 0 aliphatic rings. The molecule has 0 aliphatic carbocycles. The Morgan fingerprint density at radius 2 is 0.750 bits per heavy atom. The minimum Gasteiger partial charge on any atom is -0.380 e. The number of allylic oxidation sites excluding steroid dienone is 6. The van der Waals surface area contributed by atoms with Crippen molar-refractivity contribution in [1.29, 1.82) is 0 Å². The lowest BCUT2D eigenvalue weighted by Gasteiger charge is -2.02. The van der Waals surface area contributed by atoms with E-state index in [4.69, 9.17) is 12.8 Å². The van der Waals surface area contributed by atoms with Gasteiger partial charge in [-0.3, -0.25) is 0 Å². The van der Waals surface area contributed by atoms with Gasteiger partial charge in [-0.2, -0.15) is 0 Å². The lowest BCUT2D eigenvalue weighted by atomic mass is 10.0. The van der Waals surface area contributed by atoms with Gasteiger partial charge in [0.05, 0.1) is 0 Å². The zero-order valence-electron chi connectivity index (χ0n) is 30.9. The van der Waals surface area contributed by atoms with E-state index in [1.807, 2.05) is 6.08 Å². The normalized spacial score (nSPS) is 12.4. The summed E-state index contributed by atoms with van der Waals surface area (Å²) in [6.45, 7) is 0. The van der Waals surface area contributed by atoms with Crippen LogP contribution in [0.1, 0.15) is 193 Å². The summed E-state index contributed by atoms with van der Waals surface area (Å²) in [6, 6.07) is 0. The number of terminal acetylenes is 2. The first-order valence-electron chi connectivity index (χ1n) is 19.9. The molecule has 0 amide bonds. The molecule has 0 fully saturated rings. The number of aliphatic hydroxyl groups excluding tert-OH is 2. The quantitative estimate of drug-likeness (QED) is 0.0430. The van der Waals surface area contributed by atoms with Crippen molar-refractivity contribution in [1.82, 2.24) is 0 Å². The van der Waals surface area contributed by atoms with Crippen molar-refractivity contribution < 1.29 is 10.2 Å². The van der Waals surface area contributed by atoms with E-state index in [1.54, 1.807) is 0 Å². The van der Waals surface area contributed by atoms with E-state index in [0.717, 1.165) is 64.2 Å². The zero-order valence-corrected chi connectivity index (χ0v) is 30.9. The molecule has 2 N–H and O–H groups in total. The van der Waals surface area contributed by atoms with E-state index >= 15 is 0 Å². The molecule has 0 aromatic rings. The third-order valence-corrected chi connectivity index (χ3v) is 8.65. The molecule has 0 saturated heterocycles. The first-order valence-corrected chi connectivity index (χ1v) is 19.9. The summed E-state index contributed by atoms with van der Waals surface area (Å²) >= 11 is 0. The van der Waals surface area contributed by atoms with Gasteiger partial charge in [0.2, 0.25) is 0 Å². The highest BCUT2D eigenvalue weighted by Gasteiger charge is 1.98. The smallest absolute Gasteiger partial charge is 0.176 e. The molecule has 2 heteroatoms. The molecule has 0 radical (unpaired) electrons. The van der Waals surface area contributed by atoms with Crippen molar-refractivity contribution in [3.8, 4) is 48.4 Å². The number of rotatable bonds is 32. The third-order valence-electron chi connectivity index (χ3n) is 8.65. The lowest BCUT2D eigenvalue weighted by Crippen LogP contribution is -2.01. The maximum Gasteiger partial charge on any atom is 0.176 e. The second kappa shape index (κ2) is 40.6. The van der Waals surface area contributed by atoms with Gasteiger partial charge in [0.15, 0.2) is 6.10 Å². The van der Waals surface area contributed by atoms with E-state index in [9.17, 15) is 10.2 Å². The van der Waals surface area contributed by atoms with E-state index in [1.165, 1.54) is 122 Å². The highest BCUT2D eigenvalue weighted by molar-refractivity contribution is 5.19. The predicted octanol–water partition coefficient (Wildman–Crippen LogP) is 12.4. The number of unbranched alkanes of at least 4 members (excludes halogenated alkanes) is 25. The summed E-state index contributed by atoms with van der Waals surface area (Å²) in [4.78, 5) is 0. The fraction of sp³-hybridized carbons (Fsp3) is 0.696. The topological polar surface area (TPSA) is 40.5 Å². The van der Waals surface area contributed by atoms with Gasteiger partial charge in [-0.05, 0) is 96.0 Å². The molecule has 0 heterocycles. The Hall–Kier alpha value is -2.62. The van der Waals surface area contributed by atoms with Crippen LogP contribution in [-0.2, 0) is 0 Å². The second-order valence-corrected chi connectivity index (χ2v) is 13.2. The molecule has 268 valence electrons. The van der Waals surface area contributed by atoms with Crippen LogP contribution in [0.25, 0.3) is 0 Å². The van der Waals surface area contributed by atoms with Crippen LogP contribution in [0.3, 0.4) is 0 Å². The van der Waals surface area contributed by atoms with Gasteiger partial charge < -0.3 is 10.2 Å². The zero-order chi connectivity index (χ0) is 34.9. The Morgan fingerprint density at radius 3 is 1.19 bits per heavy atom. The van der Waals surface area contributed by atoms with Gasteiger partial charge in [-0.15, -0.1) is 12.8 Å². The Labute approximate surface area is 299 Å². The third kappa shape index (κ3) is 39.6. The van der Waals surface area contributed by atoms with Gasteiger partial charge in [0, 0.05) is 12.8 Å². The molecule has 0 saturated carbocycles. The summed E-state index contributed by atoms with van der Waals surface area (Å²) in [5.74, 6) is 16.8. The molecule has 0 aromatic carbocycles. The van der Waals surface area contributed by atoms with Crippen LogP contribution in [0, 0.1) is 48.4 Å². The SMILES string of the molecule is C#CC=CCCCCCCCCCCCCCC/C=C/CCCC/C=C/CCCCC#C[C@@H](O)C#CCCCCCCCC[C@H](O)C#C. The van der Waals surface area contributed by atoms with Crippen LogP contribution in [0.15, 0.2) is 36.5 Å². The molecule has 0 rings (SSSR count). The molecular formula is C46H72O2. The van der Waals surface area contributed by atoms with Crippen LogP contribution < -0.4 is 0 Å². The summed E-state index contributed by atoms with van der Waals surface area (Å²) in [6.07, 6.45) is 58.7. The van der Waals surface area contributed by atoms with E-state index in [0.29, 0.717) is 6.42 Å². The molecular weight excluding hydrogens is 585 g/mol. The fourth-order valence-electron chi connectivity index (χ4n) is 5.63. The largest absolute Gasteiger partial charge is 0.380 e. The monoisotopic (exact) mass is 657 g/mol. The number of hydrogen-bond donors (Lipinski definition) is 2. The summed E-state index contributed by atoms with van der Waals surface area (Å²) in [7, 11) is 0. The molecule has 0 aliphatic heterocycles. The first-order chi connectivity index (χ1) is 23.7. The average molecular weight is 657 g/mol. The second-order valence-electron chi connectivity index (χ2n) is 13.2. The van der Waals surface area contributed by atoms with Gasteiger partial charge in [-0.25, -0.2) is 0 Å². The summed E-state index contributed by atoms with van der Waals surface area (Å²) in [5.41, 5.74) is 0. The lowest BCUT2D eigenvalue weighted by molar-refractivity contribution is 0.217. The molecule has 2 atom stereocenters. The maximum absolute atomic E-state index is 9.92. The van der Waals surface area contributed by atoms with Crippen LogP contribution in [0.4, 0.5) is 0 Å². The molecule has 0 aromatic heterocycles. The van der Waals surface area contributed by atoms with Crippen molar-refractivity contribution >= 4 is 0 Å². The number of hydrogen-bond acceptors (Lipinski definition) is 2. The first kappa shape index (κ1) is 45.4. The fourth-order valence-corrected chi connectivity index (χ4v) is 5.63. The highest BCUT2D eigenvalue weighted by Crippen LogP contribution is 2.14. The van der Waals surface area contributed by atoms with Crippen molar-refractivity contribution in [3.05, 3.63) is 36.5 Å². The Balaban J connectivity index is 3.39. The molecule has 0 spiro atoms. The summed E-state index contributed by atoms with van der Waals surface area (Å²) in [5, 5.41) is 19.2. The summed E-state index contributed by atoms with van der Waals surface area (Å²) < 4.78 is 0. The molecule has 2 nitrogen and oxygen atoms in total. The predicted molar refractivity (Wildman–Crippen MR) is 211 cm³/mol. The van der Waals surface area contributed by atoms with Crippen LogP contribution in [-0.4, -0.2) is 22.4 Å². The van der Waals surface area contributed by atoms with Crippen molar-refractivity contribution in [2.75, 3.05) is 0 Å². The minimum absolute atomic E-state index is 0.587. The van der Waals surface area contributed by atoms with Crippen molar-refractivity contribution in [3.63, 3.8) is 0 Å². The van der Waals surface area contributed by atoms with Crippen molar-refractivity contribution in [2.45, 2.75) is 205 Å². The van der Waals surface area contributed by atoms with Crippen molar-refractivity contribution in [2.24, 2.45) is 0 Å². The van der Waals surface area contributed by atoms with Gasteiger partial charge in [-0.1, -0.05) is 156 Å². The van der Waals surface area contributed by atoms with E-state index in [2.05, 4.69) is 65.9 Å². The minimum atomic E-state index is -0.822. The Bertz CT molecular complexity index is 980. The Kier molecular flexibility index (Phi) is 38.3. The average Bonchev–Trinajstić information content (AvgIpc) is 3.09. The highest BCUT2D eigenvalue weighted by atomic mass is 16.3.